The molecule has 168 valence electrons. The van der Waals surface area contributed by atoms with E-state index in [-0.39, 0.29) is 0 Å². The van der Waals surface area contributed by atoms with Crippen LogP contribution in [0.2, 0.25) is 0 Å². The predicted molar refractivity (Wildman–Crippen MR) is 124 cm³/mol. The maximum Gasteiger partial charge on any atom is 0.193 e. The van der Waals surface area contributed by atoms with Gasteiger partial charge in [0.1, 0.15) is 0 Å². The van der Waals surface area contributed by atoms with Crippen molar-refractivity contribution in [3.05, 3.63) is 25.3 Å². The molecule has 1 heterocycles. The average molecular weight is 409 g/mol. The smallest absolute Gasteiger partial charge is 0.193 e. The molecule has 1 fully saturated rings. The lowest BCUT2D eigenvalue weighted by atomic mass is 10.0. The van der Waals surface area contributed by atoms with Gasteiger partial charge >= 0.3 is 0 Å². The zero-order valence-electron chi connectivity index (χ0n) is 19.2. The van der Waals surface area contributed by atoms with Crippen LogP contribution in [0.25, 0.3) is 0 Å². The number of nitrogens with zero attached hydrogens (tertiary/aromatic N) is 3. The molecule has 1 N–H and O–H groups in total. The van der Waals surface area contributed by atoms with E-state index < -0.39 is 0 Å². The monoisotopic (exact) mass is 408 g/mol. The Bertz CT molecular complexity index is 463. The van der Waals surface area contributed by atoms with Gasteiger partial charge < -0.3 is 19.7 Å². The van der Waals surface area contributed by atoms with Crippen molar-refractivity contribution in [2.75, 3.05) is 59.6 Å². The third kappa shape index (κ3) is 9.79. The summed E-state index contributed by atoms with van der Waals surface area (Å²) >= 11 is 0. The average Bonchev–Trinajstić information content (AvgIpc) is 2.71. The van der Waals surface area contributed by atoms with Crippen LogP contribution in [0.1, 0.15) is 40.0 Å². The van der Waals surface area contributed by atoms with Crippen molar-refractivity contribution in [3.8, 4) is 0 Å². The summed E-state index contributed by atoms with van der Waals surface area (Å²) in [5.74, 6) is 1.53. The van der Waals surface area contributed by atoms with Gasteiger partial charge in [0.05, 0.1) is 12.6 Å². The van der Waals surface area contributed by atoms with Gasteiger partial charge in [-0.25, -0.2) is 0 Å². The van der Waals surface area contributed by atoms with Crippen LogP contribution in [-0.4, -0.2) is 87.5 Å². The highest BCUT2D eigenvalue weighted by Crippen LogP contribution is 2.16. The van der Waals surface area contributed by atoms with Crippen molar-refractivity contribution in [3.63, 3.8) is 0 Å². The Morgan fingerprint density at radius 3 is 2.38 bits per heavy atom. The highest BCUT2D eigenvalue weighted by molar-refractivity contribution is 5.80. The third-order valence-corrected chi connectivity index (χ3v) is 5.32. The molecule has 1 aliphatic heterocycles. The SMILES string of the molecule is C=CCN(CC=C)C(CN=C(NCC)N1CCC(OCCCOC)CC1)C(C)C. The highest BCUT2D eigenvalue weighted by Gasteiger charge is 2.24. The Hall–Kier alpha value is -1.37. The topological polar surface area (TPSA) is 49.3 Å². The number of hydrogen-bond acceptors (Lipinski definition) is 4. The second-order valence-electron chi connectivity index (χ2n) is 7.94. The molecule has 0 amide bonds. The lowest BCUT2D eigenvalue weighted by Crippen LogP contribution is -2.48. The fourth-order valence-electron chi connectivity index (χ4n) is 3.72. The first-order chi connectivity index (χ1) is 14.1. The van der Waals surface area contributed by atoms with Crippen molar-refractivity contribution < 1.29 is 9.47 Å². The van der Waals surface area contributed by atoms with Gasteiger partial charge in [-0.05, 0) is 32.1 Å². The largest absolute Gasteiger partial charge is 0.385 e. The number of rotatable bonds is 14. The molecule has 1 rings (SSSR count). The van der Waals surface area contributed by atoms with Crippen LogP contribution < -0.4 is 5.32 Å². The van der Waals surface area contributed by atoms with E-state index in [0.29, 0.717) is 18.1 Å². The zero-order chi connectivity index (χ0) is 21.5. The first-order valence-corrected chi connectivity index (χ1v) is 11.2. The lowest BCUT2D eigenvalue weighted by molar-refractivity contribution is 0.00988. The molecule has 6 heteroatoms. The van der Waals surface area contributed by atoms with E-state index in [1.807, 2.05) is 12.2 Å². The summed E-state index contributed by atoms with van der Waals surface area (Å²) in [5, 5.41) is 3.48. The number of ether oxygens (including phenoxy) is 2. The van der Waals surface area contributed by atoms with Crippen LogP contribution in [0, 0.1) is 5.92 Å². The van der Waals surface area contributed by atoms with Gasteiger partial charge in [0, 0.05) is 59.1 Å². The maximum absolute atomic E-state index is 6.00. The Morgan fingerprint density at radius 1 is 1.21 bits per heavy atom. The molecule has 1 atom stereocenters. The van der Waals surface area contributed by atoms with Crippen LogP contribution in [0.3, 0.4) is 0 Å². The summed E-state index contributed by atoms with van der Waals surface area (Å²) in [6.07, 6.45) is 7.33. The van der Waals surface area contributed by atoms with Crippen molar-refractivity contribution in [2.45, 2.75) is 52.2 Å². The first-order valence-electron chi connectivity index (χ1n) is 11.2. The van der Waals surface area contributed by atoms with E-state index in [9.17, 15) is 0 Å². The Morgan fingerprint density at radius 2 is 1.86 bits per heavy atom. The van der Waals surface area contributed by atoms with Gasteiger partial charge in [-0.1, -0.05) is 26.0 Å². The normalized spacial score (nSPS) is 17.0. The molecule has 6 nitrogen and oxygen atoms in total. The summed E-state index contributed by atoms with van der Waals surface area (Å²) in [4.78, 5) is 9.80. The molecule has 0 saturated carbocycles. The van der Waals surface area contributed by atoms with Gasteiger partial charge in [-0.3, -0.25) is 9.89 Å². The number of aliphatic imine (C=N–C) groups is 1. The lowest BCUT2D eigenvalue weighted by Gasteiger charge is -2.35. The molecule has 29 heavy (non-hydrogen) atoms. The predicted octanol–water partition coefficient (Wildman–Crippen LogP) is 3.17. The number of nitrogens with one attached hydrogen (secondary N) is 1. The molecule has 0 spiro atoms. The van der Waals surface area contributed by atoms with E-state index in [4.69, 9.17) is 14.5 Å². The number of hydrogen-bond donors (Lipinski definition) is 1. The molecular weight excluding hydrogens is 364 g/mol. The third-order valence-electron chi connectivity index (χ3n) is 5.32. The highest BCUT2D eigenvalue weighted by atomic mass is 16.5. The van der Waals surface area contributed by atoms with Crippen molar-refractivity contribution in [1.82, 2.24) is 15.1 Å². The van der Waals surface area contributed by atoms with E-state index in [0.717, 1.165) is 77.7 Å². The Balaban J connectivity index is 2.66. The van der Waals surface area contributed by atoms with E-state index in [2.05, 4.69) is 49.0 Å². The number of guanidine groups is 1. The molecule has 0 aliphatic carbocycles. The molecule has 0 aromatic heterocycles. The van der Waals surface area contributed by atoms with Gasteiger partial charge in [-0.2, -0.15) is 0 Å². The molecule has 0 aromatic rings. The molecule has 1 aliphatic rings. The first kappa shape index (κ1) is 25.7. The van der Waals surface area contributed by atoms with Gasteiger partial charge in [0.2, 0.25) is 0 Å². The van der Waals surface area contributed by atoms with Crippen molar-refractivity contribution in [2.24, 2.45) is 10.9 Å². The standard InChI is InChI=1S/C23H44N4O2/c1-7-13-26(14-8-2)22(20(4)5)19-25-23(24-9-3)27-15-11-21(12-16-27)29-18-10-17-28-6/h7-8,20-22H,1-2,9-19H2,3-6H3,(H,24,25). The molecule has 0 radical (unpaired) electrons. The minimum Gasteiger partial charge on any atom is -0.385 e. The van der Waals surface area contributed by atoms with E-state index >= 15 is 0 Å². The number of methoxy groups -OCH3 is 1. The molecule has 0 bridgehead atoms. The Labute approximate surface area is 179 Å². The van der Waals surface area contributed by atoms with Crippen LogP contribution in [0.15, 0.2) is 30.3 Å². The molecule has 0 aromatic carbocycles. The van der Waals surface area contributed by atoms with Gasteiger partial charge in [0.15, 0.2) is 5.96 Å². The van der Waals surface area contributed by atoms with Gasteiger partial charge in [-0.15, -0.1) is 13.2 Å². The maximum atomic E-state index is 6.00. The van der Waals surface area contributed by atoms with Gasteiger partial charge in [0.25, 0.3) is 0 Å². The Kier molecular flexibility index (Phi) is 13.7. The summed E-state index contributed by atoms with van der Waals surface area (Å²) in [7, 11) is 1.73. The molecule has 1 unspecified atom stereocenters. The summed E-state index contributed by atoms with van der Waals surface area (Å²) < 4.78 is 11.1. The number of likely N-dealkylation sites (tertiary alicyclic amines) is 1. The summed E-state index contributed by atoms with van der Waals surface area (Å²) in [6, 6.07) is 0.362. The zero-order valence-corrected chi connectivity index (χ0v) is 19.2. The summed E-state index contributed by atoms with van der Waals surface area (Å²) in [5.41, 5.74) is 0. The second kappa shape index (κ2) is 15.5. The van der Waals surface area contributed by atoms with Crippen molar-refractivity contribution in [1.29, 1.82) is 0 Å². The summed E-state index contributed by atoms with van der Waals surface area (Å²) in [6.45, 7) is 21.3. The van der Waals surface area contributed by atoms with Crippen LogP contribution in [0.4, 0.5) is 0 Å². The fraction of sp³-hybridized carbons (Fsp3) is 0.783. The van der Waals surface area contributed by atoms with Crippen LogP contribution >= 0.6 is 0 Å². The molecule has 1 saturated heterocycles. The van der Waals surface area contributed by atoms with E-state index in [1.165, 1.54) is 0 Å². The minimum absolute atomic E-state index is 0.352. The fourth-order valence-corrected chi connectivity index (χ4v) is 3.72. The second-order valence-corrected chi connectivity index (χ2v) is 7.94. The van der Waals surface area contributed by atoms with E-state index in [1.54, 1.807) is 7.11 Å². The van der Waals surface area contributed by atoms with Crippen LogP contribution in [-0.2, 0) is 9.47 Å². The quantitative estimate of drug-likeness (QED) is 0.207. The minimum atomic E-state index is 0.352. The number of piperidine rings is 1. The molecular formula is C23H44N4O2. The van der Waals surface area contributed by atoms with Crippen LogP contribution in [0.5, 0.6) is 0 Å². The van der Waals surface area contributed by atoms with Crippen molar-refractivity contribution >= 4 is 5.96 Å².